The summed E-state index contributed by atoms with van der Waals surface area (Å²) in [4.78, 5) is 24.3. The molecule has 2 aromatic rings. The van der Waals surface area contributed by atoms with Crippen LogP contribution in [0.25, 0.3) is 0 Å². The predicted octanol–water partition coefficient (Wildman–Crippen LogP) is 4.42. The molecule has 0 atom stereocenters. The molecule has 0 aromatic heterocycles. The lowest BCUT2D eigenvalue weighted by molar-refractivity contribution is -0.118. The average Bonchev–Trinajstić information content (AvgIpc) is 2.66. The molecule has 0 saturated carbocycles. The maximum absolute atomic E-state index is 12.4. The van der Waals surface area contributed by atoms with E-state index in [1.165, 1.54) is 0 Å². The van der Waals surface area contributed by atoms with E-state index in [2.05, 4.69) is 19.2 Å². The van der Waals surface area contributed by atoms with Crippen LogP contribution in [0.4, 0.5) is 5.69 Å². The number of ether oxygens (including phenoxy) is 1. The number of Topliss-reactive ketones (excluding diaryl/α,β-unsaturated/α-hetero) is 1. The van der Waals surface area contributed by atoms with Crippen molar-refractivity contribution in [3.63, 3.8) is 0 Å². The minimum absolute atomic E-state index is 0.000561. The summed E-state index contributed by atoms with van der Waals surface area (Å²) < 4.78 is 5.61. The molecule has 2 rings (SSSR count). The Morgan fingerprint density at radius 1 is 0.920 bits per heavy atom. The first-order chi connectivity index (χ1) is 12.1. The van der Waals surface area contributed by atoms with Crippen LogP contribution in [-0.4, -0.2) is 18.3 Å². The van der Waals surface area contributed by atoms with Gasteiger partial charge in [-0.05, 0) is 36.1 Å². The van der Waals surface area contributed by atoms with Crippen LogP contribution in [0.15, 0.2) is 42.5 Å². The number of aryl methyl sites for hydroxylation is 2. The van der Waals surface area contributed by atoms with E-state index < -0.39 is 0 Å². The predicted molar refractivity (Wildman–Crippen MR) is 100 cm³/mol. The van der Waals surface area contributed by atoms with E-state index in [4.69, 9.17) is 4.74 Å². The molecule has 0 bridgehead atoms. The van der Waals surface area contributed by atoms with Crippen molar-refractivity contribution in [1.82, 2.24) is 0 Å². The second kappa shape index (κ2) is 9.02. The molecule has 1 N–H and O–H groups in total. The zero-order valence-electron chi connectivity index (χ0n) is 15.1. The molecule has 0 aliphatic carbocycles. The highest BCUT2D eigenvalue weighted by Gasteiger charge is 2.13. The Labute approximate surface area is 149 Å². The summed E-state index contributed by atoms with van der Waals surface area (Å²) in [7, 11) is 0. The molecule has 1 amide bonds. The van der Waals surface area contributed by atoms with Gasteiger partial charge in [0, 0.05) is 12.1 Å². The molecule has 0 fully saturated rings. The molecular formula is C21H25NO3. The second-order valence-electron chi connectivity index (χ2n) is 5.77. The van der Waals surface area contributed by atoms with Gasteiger partial charge in [0.2, 0.25) is 0 Å². The van der Waals surface area contributed by atoms with Gasteiger partial charge in [-0.25, -0.2) is 0 Å². The van der Waals surface area contributed by atoms with Gasteiger partial charge in [-0.1, -0.05) is 51.1 Å². The summed E-state index contributed by atoms with van der Waals surface area (Å²) in [6.07, 6.45) is 2.09. The van der Waals surface area contributed by atoms with E-state index >= 15 is 0 Å². The van der Waals surface area contributed by atoms with Crippen LogP contribution >= 0.6 is 0 Å². The molecule has 25 heavy (non-hydrogen) atoms. The van der Waals surface area contributed by atoms with Crippen LogP contribution in [-0.2, 0) is 17.6 Å². The van der Waals surface area contributed by atoms with E-state index in [0.717, 1.165) is 29.7 Å². The highest BCUT2D eigenvalue weighted by Crippen LogP contribution is 2.23. The zero-order chi connectivity index (χ0) is 18.2. The van der Waals surface area contributed by atoms with E-state index in [-0.39, 0.29) is 18.3 Å². The van der Waals surface area contributed by atoms with Gasteiger partial charge in [0.05, 0.1) is 5.56 Å². The topological polar surface area (TPSA) is 55.4 Å². The molecule has 0 heterocycles. The first-order valence-electron chi connectivity index (χ1n) is 8.76. The fourth-order valence-corrected chi connectivity index (χ4v) is 2.74. The second-order valence-corrected chi connectivity index (χ2v) is 5.77. The van der Waals surface area contributed by atoms with Crippen molar-refractivity contribution in [2.75, 3.05) is 11.9 Å². The van der Waals surface area contributed by atoms with Gasteiger partial charge >= 0.3 is 0 Å². The van der Waals surface area contributed by atoms with E-state index in [1.54, 1.807) is 31.2 Å². The SMILES string of the molecule is CCC(=O)c1ccccc1OCC(=O)Nc1c(CC)cccc1CC. The molecule has 0 saturated heterocycles. The molecule has 4 heteroatoms. The van der Waals surface area contributed by atoms with E-state index in [1.807, 2.05) is 18.2 Å². The molecule has 0 unspecified atom stereocenters. The molecule has 0 spiro atoms. The molecule has 0 aliphatic rings. The molecule has 0 aliphatic heterocycles. The Hall–Kier alpha value is -2.62. The Bertz CT molecular complexity index is 730. The summed E-state index contributed by atoms with van der Waals surface area (Å²) in [5.41, 5.74) is 3.60. The number of carbonyl (C=O) groups is 2. The van der Waals surface area contributed by atoms with Gasteiger partial charge < -0.3 is 10.1 Å². The number of rotatable bonds is 8. The third kappa shape index (κ3) is 4.69. The standard InChI is InChI=1S/C21H25NO3/c1-4-15-10-9-11-16(5-2)21(15)22-20(24)14-25-19-13-8-7-12-17(19)18(23)6-3/h7-13H,4-6,14H2,1-3H3,(H,22,24). The number of hydrogen-bond donors (Lipinski definition) is 1. The summed E-state index contributed by atoms with van der Waals surface area (Å²) in [5, 5.41) is 2.97. The van der Waals surface area contributed by atoms with Gasteiger partial charge in [-0.15, -0.1) is 0 Å². The Morgan fingerprint density at radius 3 is 2.16 bits per heavy atom. The Balaban J connectivity index is 2.09. The summed E-state index contributed by atoms with van der Waals surface area (Å²) in [6.45, 7) is 5.80. The fraction of sp³-hybridized carbons (Fsp3) is 0.333. The van der Waals surface area contributed by atoms with Gasteiger partial charge in [0.1, 0.15) is 5.75 Å². The lowest BCUT2D eigenvalue weighted by atomic mass is 10.0. The van der Waals surface area contributed by atoms with Crippen molar-refractivity contribution in [1.29, 1.82) is 0 Å². The van der Waals surface area contributed by atoms with Gasteiger partial charge in [0.25, 0.3) is 5.91 Å². The lowest BCUT2D eigenvalue weighted by Crippen LogP contribution is -2.22. The number of nitrogens with one attached hydrogen (secondary N) is 1. The van der Waals surface area contributed by atoms with Crippen LogP contribution < -0.4 is 10.1 Å². The smallest absolute Gasteiger partial charge is 0.262 e. The molecule has 4 nitrogen and oxygen atoms in total. The number of ketones is 1. The Morgan fingerprint density at radius 2 is 1.56 bits per heavy atom. The van der Waals surface area contributed by atoms with Gasteiger partial charge in [-0.3, -0.25) is 9.59 Å². The maximum Gasteiger partial charge on any atom is 0.262 e. The molecule has 132 valence electrons. The monoisotopic (exact) mass is 339 g/mol. The third-order valence-corrected chi connectivity index (χ3v) is 4.13. The minimum atomic E-state index is -0.227. The molecule has 2 aromatic carbocycles. The van der Waals surface area contributed by atoms with Crippen molar-refractivity contribution in [2.24, 2.45) is 0 Å². The zero-order valence-corrected chi connectivity index (χ0v) is 15.1. The highest BCUT2D eigenvalue weighted by atomic mass is 16.5. The highest BCUT2D eigenvalue weighted by molar-refractivity contribution is 5.98. The third-order valence-electron chi connectivity index (χ3n) is 4.13. The van der Waals surface area contributed by atoms with Crippen LogP contribution in [0, 0.1) is 0 Å². The number of benzene rings is 2. The first kappa shape index (κ1) is 18.7. The van der Waals surface area contributed by atoms with Gasteiger partial charge in [0.15, 0.2) is 12.4 Å². The van der Waals surface area contributed by atoms with Crippen molar-refractivity contribution in [3.8, 4) is 5.75 Å². The van der Waals surface area contributed by atoms with E-state index in [9.17, 15) is 9.59 Å². The first-order valence-corrected chi connectivity index (χ1v) is 8.76. The number of para-hydroxylation sites is 2. The normalized spacial score (nSPS) is 10.4. The molecular weight excluding hydrogens is 314 g/mol. The van der Waals surface area contributed by atoms with Crippen molar-refractivity contribution >= 4 is 17.4 Å². The maximum atomic E-state index is 12.4. The number of hydrogen-bond acceptors (Lipinski definition) is 3. The minimum Gasteiger partial charge on any atom is -0.483 e. The lowest BCUT2D eigenvalue weighted by Gasteiger charge is -2.15. The van der Waals surface area contributed by atoms with Crippen LogP contribution in [0.2, 0.25) is 0 Å². The summed E-state index contributed by atoms with van der Waals surface area (Å²) in [6, 6.07) is 13.1. The number of amides is 1. The quantitative estimate of drug-likeness (QED) is 0.724. The van der Waals surface area contributed by atoms with E-state index in [0.29, 0.717) is 17.7 Å². The summed E-state index contributed by atoms with van der Waals surface area (Å²) in [5.74, 6) is 0.221. The largest absolute Gasteiger partial charge is 0.483 e. The average molecular weight is 339 g/mol. The van der Waals surface area contributed by atoms with Crippen LogP contribution in [0.1, 0.15) is 48.7 Å². The van der Waals surface area contributed by atoms with Crippen LogP contribution in [0.5, 0.6) is 5.75 Å². The fourth-order valence-electron chi connectivity index (χ4n) is 2.74. The Kier molecular flexibility index (Phi) is 6.75. The summed E-state index contributed by atoms with van der Waals surface area (Å²) >= 11 is 0. The number of anilines is 1. The number of carbonyl (C=O) groups excluding carboxylic acids is 2. The molecule has 0 radical (unpaired) electrons. The van der Waals surface area contributed by atoms with Crippen LogP contribution in [0.3, 0.4) is 0 Å². The van der Waals surface area contributed by atoms with Crippen molar-refractivity contribution in [3.05, 3.63) is 59.2 Å². The van der Waals surface area contributed by atoms with Gasteiger partial charge in [-0.2, -0.15) is 0 Å². The van der Waals surface area contributed by atoms with Crippen molar-refractivity contribution < 1.29 is 14.3 Å². The van der Waals surface area contributed by atoms with Crippen molar-refractivity contribution in [2.45, 2.75) is 40.0 Å².